The molecule has 1 heterocycles. The first kappa shape index (κ1) is 22.3. The topological polar surface area (TPSA) is 71.5 Å². The maximum absolute atomic E-state index is 12.0. The van der Waals surface area contributed by atoms with E-state index in [0.29, 0.717) is 24.4 Å². The number of carbonyl (C=O) groups is 1. The average molecular weight is 374 g/mol. The quantitative estimate of drug-likeness (QED) is 0.781. The van der Waals surface area contributed by atoms with E-state index in [-0.39, 0.29) is 30.7 Å². The van der Waals surface area contributed by atoms with E-state index in [2.05, 4.69) is 42.3 Å². The standard InChI is InChI=1S/C17H23N3O2.2ClH/c1-3-20(15-6-4-5-13(2)9-15)8-7-19-17(21)14-10-16(11-18)22-12-14;;/h4-6,9-10,12H,3,7-8,11,18H2,1-2H3,(H,19,21);2*1H. The molecule has 0 radical (unpaired) electrons. The van der Waals surface area contributed by atoms with Crippen molar-refractivity contribution in [3.63, 3.8) is 0 Å². The van der Waals surface area contributed by atoms with Gasteiger partial charge in [-0.1, -0.05) is 12.1 Å². The molecular weight excluding hydrogens is 349 g/mol. The third kappa shape index (κ3) is 6.07. The van der Waals surface area contributed by atoms with Crippen molar-refractivity contribution in [1.82, 2.24) is 5.32 Å². The van der Waals surface area contributed by atoms with Gasteiger partial charge in [-0.25, -0.2) is 0 Å². The molecule has 0 saturated heterocycles. The van der Waals surface area contributed by atoms with Crippen LogP contribution < -0.4 is 16.0 Å². The van der Waals surface area contributed by atoms with Gasteiger partial charge in [0.05, 0.1) is 12.1 Å². The molecule has 0 bridgehead atoms. The summed E-state index contributed by atoms with van der Waals surface area (Å²) in [5.41, 5.74) is 8.38. The molecule has 0 spiro atoms. The molecule has 0 aliphatic heterocycles. The summed E-state index contributed by atoms with van der Waals surface area (Å²) in [7, 11) is 0. The Morgan fingerprint density at radius 3 is 2.62 bits per heavy atom. The Hall–Kier alpha value is -1.69. The Kier molecular flexibility index (Phi) is 10.2. The van der Waals surface area contributed by atoms with Gasteiger partial charge in [-0.2, -0.15) is 0 Å². The zero-order valence-electron chi connectivity index (χ0n) is 14.0. The van der Waals surface area contributed by atoms with Crippen molar-refractivity contribution in [2.75, 3.05) is 24.5 Å². The van der Waals surface area contributed by atoms with Gasteiger partial charge in [-0.05, 0) is 37.6 Å². The second kappa shape index (κ2) is 11.0. The van der Waals surface area contributed by atoms with Gasteiger partial charge in [0.1, 0.15) is 12.0 Å². The molecule has 7 heteroatoms. The predicted octanol–water partition coefficient (Wildman–Crippen LogP) is 3.15. The van der Waals surface area contributed by atoms with E-state index in [1.54, 1.807) is 6.07 Å². The van der Waals surface area contributed by atoms with Crippen LogP contribution in [-0.4, -0.2) is 25.5 Å². The molecule has 1 amide bonds. The number of furan rings is 1. The van der Waals surface area contributed by atoms with Gasteiger partial charge in [0, 0.05) is 25.3 Å². The van der Waals surface area contributed by atoms with Gasteiger partial charge in [-0.15, -0.1) is 24.8 Å². The first-order valence-electron chi connectivity index (χ1n) is 7.51. The molecule has 2 aromatic rings. The van der Waals surface area contributed by atoms with Crippen molar-refractivity contribution in [3.8, 4) is 0 Å². The summed E-state index contributed by atoms with van der Waals surface area (Å²) in [5.74, 6) is 0.476. The molecule has 5 nitrogen and oxygen atoms in total. The summed E-state index contributed by atoms with van der Waals surface area (Å²) >= 11 is 0. The molecular formula is C17H25Cl2N3O2. The van der Waals surface area contributed by atoms with Crippen LogP contribution in [0.3, 0.4) is 0 Å². The highest BCUT2D eigenvalue weighted by atomic mass is 35.5. The summed E-state index contributed by atoms with van der Waals surface area (Å²) < 4.78 is 5.17. The normalized spacial score (nSPS) is 9.62. The highest BCUT2D eigenvalue weighted by molar-refractivity contribution is 5.93. The number of aryl methyl sites for hydroxylation is 1. The molecule has 0 aliphatic carbocycles. The van der Waals surface area contributed by atoms with Crippen molar-refractivity contribution in [1.29, 1.82) is 0 Å². The van der Waals surface area contributed by atoms with Crippen molar-refractivity contribution in [2.24, 2.45) is 5.73 Å². The SMILES string of the molecule is CCN(CCNC(=O)c1coc(CN)c1)c1cccc(C)c1.Cl.Cl. The fourth-order valence-electron chi connectivity index (χ4n) is 2.31. The zero-order valence-corrected chi connectivity index (χ0v) is 15.6. The number of benzene rings is 1. The Morgan fingerprint density at radius 1 is 1.29 bits per heavy atom. The van der Waals surface area contributed by atoms with E-state index in [4.69, 9.17) is 10.2 Å². The molecule has 0 fully saturated rings. The molecule has 0 atom stereocenters. The van der Waals surface area contributed by atoms with Gasteiger partial charge in [0.25, 0.3) is 5.91 Å². The molecule has 1 aromatic heterocycles. The second-order valence-electron chi connectivity index (χ2n) is 5.18. The average Bonchev–Trinajstić information content (AvgIpc) is 3.00. The van der Waals surface area contributed by atoms with E-state index in [1.807, 2.05) is 6.07 Å². The number of anilines is 1. The third-order valence-electron chi connectivity index (χ3n) is 3.53. The van der Waals surface area contributed by atoms with E-state index in [0.717, 1.165) is 13.1 Å². The van der Waals surface area contributed by atoms with Gasteiger partial charge in [0.15, 0.2) is 0 Å². The monoisotopic (exact) mass is 373 g/mol. The van der Waals surface area contributed by atoms with Crippen LogP contribution in [-0.2, 0) is 6.54 Å². The van der Waals surface area contributed by atoms with E-state index >= 15 is 0 Å². The minimum atomic E-state index is -0.135. The van der Waals surface area contributed by atoms with Gasteiger partial charge in [0.2, 0.25) is 0 Å². The maximum Gasteiger partial charge on any atom is 0.254 e. The van der Waals surface area contributed by atoms with Crippen LogP contribution in [0.25, 0.3) is 0 Å². The number of hydrogen-bond acceptors (Lipinski definition) is 4. The minimum Gasteiger partial charge on any atom is -0.467 e. The smallest absolute Gasteiger partial charge is 0.254 e. The van der Waals surface area contributed by atoms with Crippen molar-refractivity contribution in [3.05, 3.63) is 53.5 Å². The van der Waals surface area contributed by atoms with E-state index < -0.39 is 0 Å². The van der Waals surface area contributed by atoms with Crippen molar-refractivity contribution >= 4 is 36.4 Å². The molecule has 2 rings (SSSR count). The lowest BCUT2D eigenvalue weighted by atomic mass is 10.2. The van der Waals surface area contributed by atoms with Crippen LogP contribution in [0.15, 0.2) is 41.0 Å². The number of nitrogens with one attached hydrogen (secondary N) is 1. The number of nitrogens with two attached hydrogens (primary N) is 1. The van der Waals surface area contributed by atoms with Gasteiger partial charge < -0.3 is 20.4 Å². The number of likely N-dealkylation sites (N-methyl/N-ethyl adjacent to an activating group) is 1. The number of nitrogens with zero attached hydrogens (tertiary/aromatic N) is 1. The van der Waals surface area contributed by atoms with Crippen LogP contribution in [0, 0.1) is 6.92 Å². The Bertz CT molecular complexity index is 632. The Morgan fingerprint density at radius 2 is 2.04 bits per heavy atom. The zero-order chi connectivity index (χ0) is 15.9. The molecule has 1 aromatic carbocycles. The van der Waals surface area contributed by atoms with Crippen LogP contribution in [0.1, 0.15) is 28.6 Å². The highest BCUT2D eigenvalue weighted by Gasteiger charge is 2.10. The van der Waals surface area contributed by atoms with E-state index in [1.165, 1.54) is 17.5 Å². The number of carbonyl (C=O) groups excluding carboxylic acids is 1. The largest absolute Gasteiger partial charge is 0.467 e. The molecule has 134 valence electrons. The first-order valence-corrected chi connectivity index (χ1v) is 7.51. The van der Waals surface area contributed by atoms with Gasteiger partial charge >= 0.3 is 0 Å². The number of rotatable bonds is 7. The van der Waals surface area contributed by atoms with Gasteiger partial charge in [-0.3, -0.25) is 4.79 Å². The van der Waals surface area contributed by atoms with E-state index in [9.17, 15) is 4.79 Å². The van der Waals surface area contributed by atoms with Crippen LogP contribution in [0.2, 0.25) is 0 Å². The summed E-state index contributed by atoms with van der Waals surface area (Å²) in [5, 5.41) is 2.90. The number of amides is 1. The molecule has 0 unspecified atom stereocenters. The lowest BCUT2D eigenvalue weighted by Gasteiger charge is -2.23. The summed E-state index contributed by atoms with van der Waals surface area (Å²) in [6.07, 6.45) is 1.44. The minimum absolute atomic E-state index is 0. The van der Waals surface area contributed by atoms with Crippen LogP contribution in [0.4, 0.5) is 5.69 Å². The summed E-state index contributed by atoms with van der Waals surface area (Å²) in [6, 6.07) is 10.0. The molecule has 24 heavy (non-hydrogen) atoms. The van der Waals surface area contributed by atoms with Crippen LogP contribution >= 0.6 is 24.8 Å². The predicted molar refractivity (Wildman–Crippen MR) is 102 cm³/mol. The number of halogens is 2. The highest BCUT2D eigenvalue weighted by Crippen LogP contribution is 2.15. The lowest BCUT2D eigenvalue weighted by Crippen LogP contribution is -2.34. The molecule has 3 N–H and O–H groups in total. The molecule has 0 aliphatic rings. The Labute approximate surface area is 155 Å². The molecule has 0 saturated carbocycles. The third-order valence-corrected chi connectivity index (χ3v) is 3.53. The summed E-state index contributed by atoms with van der Waals surface area (Å²) in [6.45, 7) is 6.70. The van der Waals surface area contributed by atoms with Crippen molar-refractivity contribution < 1.29 is 9.21 Å². The van der Waals surface area contributed by atoms with Crippen molar-refractivity contribution in [2.45, 2.75) is 20.4 Å². The van der Waals surface area contributed by atoms with Crippen LogP contribution in [0.5, 0.6) is 0 Å². The second-order valence-corrected chi connectivity index (χ2v) is 5.18. The lowest BCUT2D eigenvalue weighted by molar-refractivity contribution is 0.0954. The maximum atomic E-state index is 12.0. The summed E-state index contributed by atoms with van der Waals surface area (Å²) in [4.78, 5) is 14.2. The fourth-order valence-corrected chi connectivity index (χ4v) is 2.31. The number of hydrogen-bond donors (Lipinski definition) is 2. The fraction of sp³-hybridized carbons (Fsp3) is 0.353. The first-order chi connectivity index (χ1) is 10.6. The Balaban J connectivity index is 0.00000264.